The highest BCUT2D eigenvalue weighted by atomic mass is 16.6. The lowest BCUT2D eigenvalue weighted by atomic mass is 10.1. The number of benzene rings is 2. The lowest BCUT2D eigenvalue weighted by molar-refractivity contribution is 0.0517. The quantitative estimate of drug-likeness (QED) is 0.713. The predicted octanol–water partition coefficient (Wildman–Crippen LogP) is 2.62. The number of hydrogen-bond donors (Lipinski definition) is 0. The number of methoxy groups -OCH3 is 1. The second-order valence-electron chi connectivity index (χ2n) is 6.02. The van der Waals surface area contributed by atoms with E-state index in [1.165, 1.54) is 0 Å². The van der Waals surface area contributed by atoms with E-state index in [0.29, 0.717) is 43.4 Å². The monoisotopic (exact) mass is 357 g/mol. The minimum Gasteiger partial charge on any atom is -0.490 e. The minimum absolute atomic E-state index is 0.125. The second-order valence-corrected chi connectivity index (χ2v) is 6.02. The van der Waals surface area contributed by atoms with E-state index in [-0.39, 0.29) is 12.0 Å². The van der Waals surface area contributed by atoms with Crippen LogP contribution in [0.2, 0.25) is 0 Å². The fourth-order valence-electron chi connectivity index (χ4n) is 2.75. The molecule has 1 amide bonds. The average Bonchev–Trinajstić information content (AvgIpc) is 2.68. The van der Waals surface area contributed by atoms with Crippen molar-refractivity contribution >= 4 is 5.91 Å². The van der Waals surface area contributed by atoms with Gasteiger partial charge in [-0.05, 0) is 24.3 Å². The Balaban J connectivity index is 1.63. The van der Waals surface area contributed by atoms with Crippen LogP contribution < -0.4 is 14.2 Å². The summed E-state index contributed by atoms with van der Waals surface area (Å²) in [5, 5.41) is 0. The summed E-state index contributed by atoms with van der Waals surface area (Å²) in [5.41, 5.74) is 0.517. The lowest BCUT2D eigenvalue weighted by Gasteiger charge is -2.29. The highest BCUT2D eigenvalue weighted by Crippen LogP contribution is 2.31. The first-order chi connectivity index (χ1) is 12.7. The van der Waals surface area contributed by atoms with Gasteiger partial charge < -0.3 is 23.8 Å². The Bertz CT molecular complexity index is 748. The van der Waals surface area contributed by atoms with Crippen molar-refractivity contribution in [1.29, 1.82) is 0 Å². The van der Waals surface area contributed by atoms with Crippen LogP contribution in [-0.4, -0.2) is 57.4 Å². The zero-order valence-corrected chi connectivity index (χ0v) is 15.0. The molecule has 0 fully saturated rings. The van der Waals surface area contributed by atoms with Gasteiger partial charge in [-0.1, -0.05) is 24.3 Å². The summed E-state index contributed by atoms with van der Waals surface area (Å²) < 4.78 is 22.3. The van der Waals surface area contributed by atoms with Crippen molar-refractivity contribution in [2.24, 2.45) is 0 Å². The van der Waals surface area contributed by atoms with E-state index >= 15 is 0 Å². The van der Waals surface area contributed by atoms with Gasteiger partial charge in [0.1, 0.15) is 19.0 Å². The van der Waals surface area contributed by atoms with E-state index in [9.17, 15) is 4.79 Å². The number of likely N-dealkylation sites (N-methyl/N-ethyl adjacent to an activating group) is 1. The third kappa shape index (κ3) is 4.26. The molecule has 26 heavy (non-hydrogen) atoms. The molecule has 2 aromatic rings. The summed E-state index contributed by atoms with van der Waals surface area (Å²) in [7, 11) is 3.36. The normalized spacial score (nSPS) is 15.4. The van der Waals surface area contributed by atoms with E-state index in [4.69, 9.17) is 18.9 Å². The van der Waals surface area contributed by atoms with Crippen molar-refractivity contribution in [2.75, 3.05) is 40.5 Å². The molecule has 0 saturated heterocycles. The van der Waals surface area contributed by atoms with Crippen LogP contribution in [0.15, 0.2) is 48.5 Å². The molecule has 1 heterocycles. The third-order valence-electron chi connectivity index (χ3n) is 4.05. The van der Waals surface area contributed by atoms with Gasteiger partial charge in [-0.3, -0.25) is 4.79 Å². The molecule has 0 spiro atoms. The van der Waals surface area contributed by atoms with E-state index in [2.05, 4.69) is 0 Å². The number of rotatable bonds is 7. The number of hydrogen-bond acceptors (Lipinski definition) is 5. The van der Waals surface area contributed by atoms with Crippen LogP contribution in [0.5, 0.6) is 17.2 Å². The molecule has 6 nitrogen and oxygen atoms in total. The predicted molar refractivity (Wildman–Crippen MR) is 97.1 cm³/mol. The maximum absolute atomic E-state index is 12.8. The topological polar surface area (TPSA) is 57.2 Å². The van der Waals surface area contributed by atoms with Crippen LogP contribution in [0.25, 0.3) is 0 Å². The fraction of sp³-hybridized carbons (Fsp3) is 0.350. The van der Waals surface area contributed by atoms with Crippen LogP contribution in [0, 0.1) is 0 Å². The van der Waals surface area contributed by atoms with E-state index in [1.54, 1.807) is 31.2 Å². The largest absolute Gasteiger partial charge is 0.490 e. The number of carbonyl (C=O) groups is 1. The lowest BCUT2D eigenvalue weighted by Crippen LogP contribution is -2.41. The second kappa shape index (κ2) is 8.58. The number of nitrogens with zero attached hydrogens (tertiary/aromatic N) is 1. The molecule has 6 heteroatoms. The first-order valence-electron chi connectivity index (χ1n) is 8.53. The van der Waals surface area contributed by atoms with Crippen LogP contribution in [0.1, 0.15) is 10.4 Å². The molecule has 0 saturated carbocycles. The molecule has 1 aliphatic heterocycles. The summed E-state index contributed by atoms with van der Waals surface area (Å²) >= 11 is 0. The summed E-state index contributed by atoms with van der Waals surface area (Å²) in [4.78, 5) is 14.5. The van der Waals surface area contributed by atoms with Crippen molar-refractivity contribution < 1.29 is 23.7 Å². The molecule has 3 rings (SSSR count). The van der Waals surface area contributed by atoms with Crippen molar-refractivity contribution in [3.8, 4) is 17.2 Å². The molecule has 1 atom stereocenters. The maximum Gasteiger partial charge on any atom is 0.257 e. The van der Waals surface area contributed by atoms with Crippen LogP contribution in [0.4, 0.5) is 0 Å². The Kier molecular flexibility index (Phi) is 5.96. The average molecular weight is 357 g/mol. The summed E-state index contributed by atoms with van der Waals surface area (Å²) in [5.74, 6) is 1.86. The third-order valence-corrected chi connectivity index (χ3v) is 4.05. The van der Waals surface area contributed by atoms with Crippen molar-refractivity contribution in [2.45, 2.75) is 6.10 Å². The fourth-order valence-corrected chi connectivity index (χ4v) is 2.75. The Hall–Kier alpha value is -2.73. The van der Waals surface area contributed by atoms with Crippen LogP contribution in [-0.2, 0) is 4.74 Å². The Morgan fingerprint density at radius 2 is 1.85 bits per heavy atom. The molecular formula is C20H23NO5. The summed E-state index contributed by atoms with van der Waals surface area (Å²) in [6.07, 6.45) is -0.222. The van der Waals surface area contributed by atoms with Crippen molar-refractivity contribution in [1.82, 2.24) is 4.90 Å². The Morgan fingerprint density at radius 1 is 1.12 bits per heavy atom. The van der Waals surface area contributed by atoms with E-state index < -0.39 is 0 Å². The zero-order chi connectivity index (χ0) is 18.4. The maximum atomic E-state index is 12.8. The molecule has 138 valence electrons. The van der Waals surface area contributed by atoms with Gasteiger partial charge in [0, 0.05) is 14.2 Å². The van der Waals surface area contributed by atoms with Gasteiger partial charge in [0.05, 0.1) is 18.7 Å². The molecule has 0 bridgehead atoms. The van der Waals surface area contributed by atoms with Gasteiger partial charge in [-0.15, -0.1) is 0 Å². The van der Waals surface area contributed by atoms with Crippen molar-refractivity contribution in [3.63, 3.8) is 0 Å². The van der Waals surface area contributed by atoms with Crippen LogP contribution >= 0.6 is 0 Å². The number of fused-ring (bicyclic) bond motifs is 1. The molecule has 0 N–H and O–H groups in total. The van der Waals surface area contributed by atoms with E-state index in [0.717, 1.165) is 5.75 Å². The molecular weight excluding hydrogens is 334 g/mol. The van der Waals surface area contributed by atoms with E-state index in [1.807, 2.05) is 36.4 Å². The Morgan fingerprint density at radius 3 is 2.65 bits per heavy atom. The Labute approximate surface area is 153 Å². The van der Waals surface area contributed by atoms with Crippen molar-refractivity contribution in [3.05, 3.63) is 54.1 Å². The van der Waals surface area contributed by atoms with Gasteiger partial charge in [-0.2, -0.15) is 0 Å². The number of carbonyl (C=O) groups excluding carboxylic acids is 1. The van der Waals surface area contributed by atoms with Crippen LogP contribution in [0.3, 0.4) is 0 Å². The van der Waals surface area contributed by atoms with Gasteiger partial charge in [-0.25, -0.2) is 0 Å². The molecule has 0 aliphatic carbocycles. The first-order valence-corrected chi connectivity index (χ1v) is 8.53. The molecule has 0 aromatic heterocycles. The SMILES string of the molecule is COCCOc1ccccc1C(=O)N(C)CC1COc2ccccc2O1. The van der Waals surface area contributed by atoms with Gasteiger partial charge in [0.25, 0.3) is 5.91 Å². The zero-order valence-electron chi connectivity index (χ0n) is 15.0. The number of amides is 1. The first kappa shape index (κ1) is 18.1. The summed E-state index contributed by atoms with van der Waals surface area (Å²) in [6.45, 7) is 1.67. The number of ether oxygens (including phenoxy) is 4. The molecule has 1 unspecified atom stereocenters. The highest BCUT2D eigenvalue weighted by molar-refractivity contribution is 5.96. The highest BCUT2D eigenvalue weighted by Gasteiger charge is 2.25. The van der Waals surface area contributed by atoms with Gasteiger partial charge >= 0.3 is 0 Å². The minimum atomic E-state index is -0.222. The molecule has 2 aromatic carbocycles. The molecule has 1 aliphatic rings. The summed E-state index contributed by atoms with van der Waals surface area (Å²) in [6, 6.07) is 14.7. The number of para-hydroxylation sites is 3. The van der Waals surface area contributed by atoms with Gasteiger partial charge in [0.2, 0.25) is 0 Å². The smallest absolute Gasteiger partial charge is 0.257 e. The standard InChI is InChI=1S/C20H23NO5/c1-21(13-15-14-25-18-9-5-6-10-19(18)26-15)20(22)16-7-3-4-8-17(16)24-12-11-23-2/h3-10,15H,11-14H2,1-2H3. The molecule has 0 radical (unpaired) electrons. The van der Waals surface area contributed by atoms with Gasteiger partial charge in [0.15, 0.2) is 17.6 Å².